The first kappa shape index (κ1) is 13.5. The Bertz CT molecular complexity index is 439. The van der Waals surface area contributed by atoms with Crippen LogP contribution in [0.5, 0.6) is 11.5 Å². The predicted molar refractivity (Wildman–Crippen MR) is 71.7 cm³/mol. The van der Waals surface area contributed by atoms with Crippen molar-refractivity contribution in [2.24, 2.45) is 0 Å². The third-order valence-electron chi connectivity index (χ3n) is 3.02. The minimum absolute atomic E-state index is 0.0488. The van der Waals surface area contributed by atoms with E-state index in [0.29, 0.717) is 22.9 Å². The van der Waals surface area contributed by atoms with Gasteiger partial charge in [0.05, 0.1) is 18.8 Å². The van der Waals surface area contributed by atoms with Crippen molar-refractivity contribution in [1.82, 2.24) is 0 Å². The molecule has 0 heterocycles. The standard InChI is InChI=1S/C14H19ClO3/c1-9(2)18-13-10(8-14(16)4-5-14)6-11(15)7-12(13)17-3/h6-7,9,16H,4-5,8H2,1-3H3. The van der Waals surface area contributed by atoms with Crippen molar-refractivity contribution in [3.05, 3.63) is 22.7 Å². The van der Waals surface area contributed by atoms with Crippen LogP contribution in [0, 0.1) is 0 Å². The maximum atomic E-state index is 10.1. The van der Waals surface area contributed by atoms with Crippen LogP contribution in [0.3, 0.4) is 0 Å². The van der Waals surface area contributed by atoms with E-state index < -0.39 is 5.60 Å². The van der Waals surface area contributed by atoms with Crippen LogP contribution in [0.2, 0.25) is 5.02 Å². The summed E-state index contributed by atoms with van der Waals surface area (Å²) < 4.78 is 11.1. The van der Waals surface area contributed by atoms with Crippen molar-refractivity contribution in [1.29, 1.82) is 0 Å². The summed E-state index contributed by atoms with van der Waals surface area (Å²) in [7, 11) is 1.59. The van der Waals surface area contributed by atoms with E-state index in [2.05, 4.69) is 0 Å². The van der Waals surface area contributed by atoms with E-state index in [4.69, 9.17) is 21.1 Å². The topological polar surface area (TPSA) is 38.7 Å². The van der Waals surface area contributed by atoms with E-state index in [0.717, 1.165) is 18.4 Å². The average molecular weight is 271 g/mol. The highest BCUT2D eigenvalue weighted by molar-refractivity contribution is 6.30. The van der Waals surface area contributed by atoms with Crippen LogP contribution in [-0.4, -0.2) is 23.9 Å². The Hall–Kier alpha value is -0.930. The van der Waals surface area contributed by atoms with Gasteiger partial charge < -0.3 is 14.6 Å². The summed E-state index contributed by atoms with van der Waals surface area (Å²) in [6, 6.07) is 3.58. The molecule has 0 radical (unpaired) electrons. The van der Waals surface area contributed by atoms with Gasteiger partial charge in [0.2, 0.25) is 0 Å². The third kappa shape index (κ3) is 3.09. The smallest absolute Gasteiger partial charge is 0.164 e. The van der Waals surface area contributed by atoms with Crippen molar-refractivity contribution in [2.75, 3.05) is 7.11 Å². The Balaban J connectivity index is 2.36. The second-order valence-electron chi connectivity index (χ2n) is 5.16. The molecule has 0 unspecified atom stereocenters. The van der Waals surface area contributed by atoms with Crippen molar-refractivity contribution in [3.8, 4) is 11.5 Å². The van der Waals surface area contributed by atoms with E-state index in [1.165, 1.54) is 0 Å². The lowest BCUT2D eigenvalue weighted by Crippen LogP contribution is -2.14. The van der Waals surface area contributed by atoms with Gasteiger partial charge in [0.15, 0.2) is 11.5 Å². The Morgan fingerprint density at radius 1 is 1.39 bits per heavy atom. The Morgan fingerprint density at radius 2 is 2.06 bits per heavy atom. The normalized spacial score (nSPS) is 16.8. The second kappa shape index (κ2) is 4.98. The summed E-state index contributed by atoms with van der Waals surface area (Å²) in [5.74, 6) is 1.31. The third-order valence-corrected chi connectivity index (χ3v) is 3.23. The number of aliphatic hydroxyl groups is 1. The van der Waals surface area contributed by atoms with Gasteiger partial charge in [0.25, 0.3) is 0 Å². The molecule has 1 aliphatic rings. The molecule has 0 aliphatic heterocycles. The molecule has 0 amide bonds. The number of rotatable bonds is 5. The number of halogens is 1. The first-order valence-electron chi connectivity index (χ1n) is 6.19. The maximum Gasteiger partial charge on any atom is 0.164 e. The fraction of sp³-hybridized carbons (Fsp3) is 0.571. The van der Waals surface area contributed by atoms with E-state index in [-0.39, 0.29) is 6.10 Å². The van der Waals surface area contributed by atoms with Gasteiger partial charge >= 0.3 is 0 Å². The Kier molecular flexibility index (Phi) is 3.74. The van der Waals surface area contributed by atoms with Crippen molar-refractivity contribution in [3.63, 3.8) is 0 Å². The Labute approximate surface area is 113 Å². The van der Waals surface area contributed by atoms with Crippen LogP contribution in [-0.2, 0) is 6.42 Å². The molecule has 0 saturated heterocycles. The largest absolute Gasteiger partial charge is 0.493 e. The number of hydrogen-bond acceptors (Lipinski definition) is 3. The zero-order chi connectivity index (χ0) is 13.3. The van der Waals surface area contributed by atoms with E-state index in [1.807, 2.05) is 19.9 Å². The molecular formula is C14H19ClO3. The van der Waals surface area contributed by atoms with E-state index >= 15 is 0 Å². The molecule has 100 valence electrons. The van der Waals surface area contributed by atoms with Gasteiger partial charge in [-0.2, -0.15) is 0 Å². The van der Waals surface area contributed by atoms with Crippen LogP contribution >= 0.6 is 11.6 Å². The average Bonchev–Trinajstić information content (AvgIpc) is 2.99. The van der Waals surface area contributed by atoms with Gasteiger partial charge in [-0.15, -0.1) is 0 Å². The van der Waals surface area contributed by atoms with Crippen molar-refractivity contribution in [2.45, 2.75) is 44.8 Å². The molecule has 1 aromatic carbocycles. The van der Waals surface area contributed by atoms with Crippen molar-refractivity contribution >= 4 is 11.6 Å². The summed E-state index contributed by atoms with van der Waals surface area (Å²) >= 11 is 6.07. The van der Waals surface area contributed by atoms with Gasteiger partial charge in [0.1, 0.15) is 0 Å². The quantitative estimate of drug-likeness (QED) is 0.893. The number of ether oxygens (including phenoxy) is 2. The van der Waals surface area contributed by atoms with Gasteiger partial charge in [-0.1, -0.05) is 11.6 Å². The number of methoxy groups -OCH3 is 1. The predicted octanol–water partition coefficient (Wildman–Crippen LogP) is 3.20. The summed E-state index contributed by atoms with van der Waals surface area (Å²) in [4.78, 5) is 0. The monoisotopic (exact) mass is 270 g/mol. The molecule has 0 spiro atoms. The highest BCUT2D eigenvalue weighted by Crippen LogP contribution is 2.43. The lowest BCUT2D eigenvalue weighted by Gasteiger charge is -2.19. The van der Waals surface area contributed by atoms with Crippen LogP contribution in [0.4, 0.5) is 0 Å². The molecular weight excluding hydrogens is 252 g/mol. The van der Waals surface area contributed by atoms with Gasteiger partial charge in [0, 0.05) is 23.1 Å². The molecule has 1 saturated carbocycles. The van der Waals surface area contributed by atoms with Gasteiger partial charge in [-0.05, 0) is 32.8 Å². The zero-order valence-corrected chi connectivity index (χ0v) is 11.8. The number of benzene rings is 1. The van der Waals surface area contributed by atoms with Crippen LogP contribution in [0.15, 0.2) is 12.1 Å². The molecule has 0 atom stereocenters. The first-order valence-corrected chi connectivity index (χ1v) is 6.57. The summed E-state index contributed by atoms with van der Waals surface area (Å²) in [6.07, 6.45) is 2.28. The number of hydrogen-bond donors (Lipinski definition) is 1. The molecule has 0 aromatic heterocycles. The van der Waals surface area contributed by atoms with Gasteiger partial charge in [-0.25, -0.2) is 0 Å². The zero-order valence-electron chi connectivity index (χ0n) is 11.0. The fourth-order valence-corrected chi connectivity index (χ4v) is 2.18. The SMILES string of the molecule is COc1cc(Cl)cc(CC2(O)CC2)c1OC(C)C. The van der Waals surface area contributed by atoms with Crippen LogP contribution in [0.25, 0.3) is 0 Å². The molecule has 0 bridgehead atoms. The summed E-state index contributed by atoms with van der Waals surface area (Å²) in [5.41, 5.74) is 0.332. The second-order valence-corrected chi connectivity index (χ2v) is 5.60. The molecule has 1 aromatic rings. The lowest BCUT2D eigenvalue weighted by molar-refractivity contribution is 0.147. The molecule has 1 aliphatic carbocycles. The Morgan fingerprint density at radius 3 is 2.56 bits per heavy atom. The highest BCUT2D eigenvalue weighted by atomic mass is 35.5. The molecule has 18 heavy (non-hydrogen) atoms. The first-order chi connectivity index (χ1) is 8.43. The van der Waals surface area contributed by atoms with Crippen LogP contribution < -0.4 is 9.47 Å². The molecule has 3 nitrogen and oxygen atoms in total. The summed E-state index contributed by atoms with van der Waals surface area (Å²) in [6.45, 7) is 3.92. The molecule has 1 N–H and O–H groups in total. The molecule has 2 rings (SSSR count). The molecule has 1 fully saturated rings. The molecule has 4 heteroatoms. The maximum absolute atomic E-state index is 10.1. The summed E-state index contributed by atoms with van der Waals surface area (Å²) in [5, 5.41) is 10.7. The van der Waals surface area contributed by atoms with Crippen molar-refractivity contribution < 1.29 is 14.6 Å². The highest BCUT2D eigenvalue weighted by Gasteiger charge is 2.41. The fourth-order valence-electron chi connectivity index (χ4n) is 1.95. The van der Waals surface area contributed by atoms with Crippen LogP contribution in [0.1, 0.15) is 32.3 Å². The lowest BCUT2D eigenvalue weighted by atomic mass is 10.0. The van der Waals surface area contributed by atoms with E-state index in [9.17, 15) is 5.11 Å². The minimum atomic E-state index is -0.579. The van der Waals surface area contributed by atoms with E-state index in [1.54, 1.807) is 13.2 Å². The minimum Gasteiger partial charge on any atom is -0.493 e. The van der Waals surface area contributed by atoms with Gasteiger partial charge in [-0.3, -0.25) is 0 Å².